The van der Waals surface area contributed by atoms with E-state index >= 15 is 0 Å². The molecule has 2 aromatic rings. The van der Waals surface area contributed by atoms with Gasteiger partial charge >= 0.3 is 0 Å². The number of aliphatic imine (C=N–C) groups is 2. The fourth-order valence-electron chi connectivity index (χ4n) is 2.42. The zero-order valence-electron chi connectivity index (χ0n) is 14.4. The van der Waals surface area contributed by atoms with Gasteiger partial charge in [-0.15, -0.1) is 0 Å². The average molecular weight is 419 g/mol. The second-order valence-corrected chi connectivity index (χ2v) is 6.58. The molecule has 0 unspecified atom stereocenters. The summed E-state index contributed by atoms with van der Waals surface area (Å²) in [5.41, 5.74) is 6.91. The summed E-state index contributed by atoms with van der Waals surface area (Å²) in [6.45, 7) is 0. The average Bonchev–Trinajstić information content (AvgIpc) is 2.98. The molecule has 5 N–H and O–H groups in total. The second-order valence-electron chi connectivity index (χ2n) is 5.80. The van der Waals surface area contributed by atoms with Gasteiger partial charge in [-0.3, -0.25) is 14.9 Å². The quantitative estimate of drug-likeness (QED) is 0.450. The first kappa shape index (κ1) is 19.7. The van der Waals surface area contributed by atoms with E-state index in [-0.39, 0.29) is 23.4 Å². The number of rotatable bonds is 4. The molecule has 10 heteroatoms. The Morgan fingerprint density at radius 1 is 1.14 bits per heavy atom. The summed E-state index contributed by atoms with van der Waals surface area (Å²) in [5.74, 6) is -0.794. The molecular formula is C18H16Cl2N6O2. The van der Waals surface area contributed by atoms with E-state index in [0.29, 0.717) is 10.7 Å². The molecule has 1 aliphatic rings. The molecule has 1 aliphatic heterocycles. The van der Waals surface area contributed by atoms with Crippen LogP contribution in [0.1, 0.15) is 6.42 Å². The van der Waals surface area contributed by atoms with Crippen LogP contribution in [0, 0.1) is 0 Å². The zero-order valence-corrected chi connectivity index (χ0v) is 16.0. The van der Waals surface area contributed by atoms with Crippen LogP contribution < -0.4 is 21.7 Å². The van der Waals surface area contributed by atoms with E-state index in [0.717, 1.165) is 5.69 Å². The Morgan fingerprint density at radius 3 is 2.64 bits per heavy atom. The number of benzene rings is 2. The summed E-state index contributed by atoms with van der Waals surface area (Å²) in [7, 11) is 0. The lowest BCUT2D eigenvalue weighted by Gasteiger charge is -2.09. The van der Waals surface area contributed by atoms with Crippen LogP contribution >= 0.6 is 23.2 Å². The van der Waals surface area contributed by atoms with Crippen molar-refractivity contribution in [1.82, 2.24) is 5.32 Å². The number of amides is 2. The monoisotopic (exact) mass is 418 g/mol. The van der Waals surface area contributed by atoms with Crippen molar-refractivity contribution in [3.63, 3.8) is 0 Å². The number of nitrogens with zero attached hydrogens (tertiary/aromatic N) is 2. The lowest BCUT2D eigenvalue weighted by Crippen LogP contribution is -2.32. The van der Waals surface area contributed by atoms with Crippen LogP contribution in [0.15, 0.2) is 58.5 Å². The number of para-hydroxylation sites is 1. The summed E-state index contributed by atoms with van der Waals surface area (Å²) < 4.78 is 0. The number of hydrogen-bond acceptors (Lipinski definition) is 4. The van der Waals surface area contributed by atoms with Crippen LogP contribution in [-0.4, -0.2) is 29.8 Å². The van der Waals surface area contributed by atoms with Crippen molar-refractivity contribution in [3.8, 4) is 0 Å². The number of halogens is 2. The van der Waals surface area contributed by atoms with Gasteiger partial charge < -0.3 is 16.4 Å². The van der Waals surface area contributed by atoms with Gasteiger partial charge in [0.25, 0.3) is 5.91 Å². The molecule has 0 aromatic heterocycles. The number of carbonyl (C=O) groups excluding carboxylic acids is 2. The van der Waals surface area contributed by atoms with Crippen molar-refractivity contribution in [3.05, 3.63) is 58.6 Å². The molecule has 0 saturated carbocycles. The van der Waals surface area contributed by atoms with E-state index in [1.165, 1.54) is 0 Å². The van der Waals surface area contributed by atoms with Gasteiger partial charge in [0.1, 0.15) is 6.04 Å². The van der Waals surface area contributed by atoms with E-state index in [1.807, 2.05) is 30.3 Å². The maximum atomic E-state index is 12.2. The van der Waals surface area contributed by atoms with Crippen molar-refractivity contribution < 1.29 is 9.59 Å². The number of hydrogen-bond donors (Lipinski definition) is 4. The minimum Gasteiger partial charge on any atom is -0.369 e. The molecule has 0 bridgehead atoms. The van der Waals surface area contributed by atoms with Crippen LogP contribution in [0.25, 0.3) is 0 Å². The molecule has 3 rings (SSSR count). The normalized spacial score (nSPS) is 16.4. The molecule has 0 radical (unpaired) electrons. The molecule has 1 atom stereocenters. The summed E-state index contributed by atoms with van der Waals surface area (Å²) in [6, 6.07) is 13.1. The predicted octanol–water partition coefficient (Wildman–Crippen LogP) is 2.60. The summed E-state index contributed by atoms with van der Waals surface area (Å²) >= 11 is 12.0. The molecule has 28 heavy (non-hydrogen) atoms. The number of anilines is 2. The number of nitrogens with two attached hydrogens (primary N) is 1. The van der Waals surface area contributed by atoms with Gasteiger partial charge in [0.15, 0.2) is 0 Å². The van der Waals surface area contributed by atoms with E-state index < -0.39 is 17.9 Å². The van der Waals surface area contributed by atoms with Crippen molar-refractivity contribution in [2.45, 2.75) is 12.5 Å². The zero-order chi connectivity index (χ0) is 20.1. The Bertz CT molecular complexity index is 962. The Kier molecular flexibility index (Phi) is 6.13. The largest absolute Gasteiger partial charge is 0.369 e. The van der Waals surface area contributed by atoms with Crippen molar-refractivity contribution in [2.24, 2.45) is 15.7 Å². The fraction of sp³-hybridized carbons (Fsp3) is 0.111. The van der Waals surface area contributed by atoms with Gasteiger partial charge in [0, 0.05) is 5.69 Å². The SMILES string of the molecule is NC(=NC1=N[C@H](CC(=O)Nc2cccc(Cl)c2Cl)C(=O)N1)Nc1ccccc1. The minimum absolute atomic E-state index is 0.0320. The van der Waals surface area contributed by atoms with Crippen LogP contribution in [0.3, 0.4) is 0 Å². The fourth-order valence-corrected chi connectivity index (χ4v) is 2.76. The lowest BCUT2D eigenvalue weighted by molar-refractivity contribution is -0.123. The molecule has 144 valence electrons. The van der Waals surface area contributed by atoms with Gasteiger partial charge in [0.2, 0.25) is 17.8 Å². The number of guanidine groups is 2. The predicted molar refractivity (Wildman–Crippen MR) is 111 cm³/mol. The number of carbonyl (C=O) groups is 2. The first-order valence-electron chi connectivity index (χ1n) is 8.21. The molecule has 0 saturated heterocycles. The van der Waals surface area contributed by atoms with E-state index in [2.05, 4.69) is 25.9 Å². The summed E-state index contributed by atoms with van der Waals surface area (Å²) in [6.07, 6.45) is -0.181. The standard InChI is InChI=1S/C18H16Cl2N6O2/c19-11-7-4-8-12(15(11)20)23-14(27)9-13-16(28)25-18(24-13)26-17(21)22-10-5-2-1-3-6-10/h1-8,13H,9H2,(H,23,27)(H4,21,22,24,25,26,28)/t13-/m1/s1. The number of nitrogens with one attached hydrogen (secondary N) is 3. The highest BCUT2D eigenvalue weighted by Crippen LogP contribution is 2.29. The van der Waals surface area contributed by atoms with E-state index in [1.54, 1.807) is 18.2 Å². The second kappa shape index (κ2) is 8.73. The lowest BCUT2D eigenvalue weighted by atomic mass is 10.2. The smallest absolute Gasteiger partial charge is 0.252 e. The van der Waals surface area contributed by atoms with Crippen LogP contribution in [0.2, 0.25) is 10.0 Å². The van der Waals surface area contributed by atoms with E-state index in [9.17, 15) is 9.59 Å². The summed E-state index contributed by atoms with van der Waals surface area (Å²) in [4.78, 5) is 32.4. The van der Waals surface area contributed by atoms with Crippen LogP contribution in [0.4, 0.5) is 11.4 Å². The summed E-state index contributed by atoms with van der Waals surface area (Å²) in [5, 5.41) is 8.51. The Morgan fingerprint density at radius 2 is 1.89 bits per heavy atom. The highest BCUT2D eigenvalue weighted by Gasteiger charge is 2.29. The molecule has 0 aliphatic carbocycles. The molecule has 2 amide bonds. The highest BCUT2D eigenvalue weighted by molar-refractivity contribution is 6.44. The maximum absolute atomic E-state index is 12.2. The first-order chi connectivity index (χ1) is 13.4. The Balaban J connectivity index is 1.62. The highest BCUT2D eigenvalue weighted by atomic mass is 35.5. The van der Waals surface area contributed by atoms with Gasteiger partial charge in [0.05, 0.1) is 22.2 Å². The Labute approximate surface area is 170 Å². The third kappa shape index (κ3) is 4.99. The van der Waals surface area contributed by atoms with Gasteiger partial charge in [-0.2, -0.15) is 4.99 Å². The van der Waals surface area contributed by atoms with Crippen molar-refractivity contribution in [1.29, 1.82) is 0 Å². The maximum Gasteiger partial charge on any atom is 0.252 e. The topological polar surface area (TPSA) is 121 Å². The Hall–Kier alpha value is -3.10. The van der Waals surface area contributed by atoms with Gasteiger partial charge in [-0.05, 0) is 24.3 Å². The molecular weight excluding hydrogens is 403 g/mol. The first-order valence-corrected chi connectivity index (χ1v) is 8.97. The van der Waals surface area contributed by atoms with Gasteiger partial charge in [-0.25, -0.2) is 4.99 Å². The van der Waals surface area contributed by atoms with Crippen molar-refractivity contribution >= 4 is 58.3 Å². The molecule has 0 spiro atoms. The third-order valence-corrected chi connectivity index (χ3v) is 4.51. The molecule has 8 nitrogen and oxygen atoms in total. The molecule has 1 heterocycles. The molecule has 2 aromatic carbocycles. The van der Waals surface area contributed by atoms with Crippen LogP contribution in [-0.2, 0) is 9.59 Å². The van der Waals surface area contributed by atoms with Crippen LogP contribution in [0.5, 0.6) is 0 Å². The third-order valence-electron chi connectivity index (χ3n) is 3.69. The van der Waals surface area contributed by atoms with E-state index in [4.69, 9.17) is 28.9 Å². The van der Waals surface area contributed by atoms with Crippen molar-refractivity contribution in [2.75, 3.05) is 10.6 Å². The molecule has 0 fully saturated rings. The minimum atomic E-state index is -0.916. The van der Waals surface area contributed by atoms with Gasteiger partial charge in [-0.1, -0.05) is 47.5 Å².